The molecule has 0 aliphatic rings. The monoisotopic (exact) mass is 456 g/mol. The van der Waals surface area contributed by atoms with E-state index in [-0.39, 0.29) is 17.3 Å². The molecule has 3 rings (SSSR count). The fourth-order valence-electron chi connectivity index (χ4n) is 2.60. The number of hydrogen-bond donors (Lipinski definition) is 2. The van der Waals surface area contributed by atoms with Gasteiger partial charge in [-0.2, -0.15) is 0 Å². The van der Waals surface area contributed by atoms with Gasteiger partial charge in [0.15, 0.2) is 5.75 Å². The van der Waals surface area contributed by atoms with Crippen molar-refractivity contribution in [3.63, 3.8) is 0 Å². The van der Waals surface area contributed by atoms with E-state index < -0.39 is 5.91 Å². The van der Waals surface area contributed by atoms with Crippen molar-refractivity contribution in [2.24, 2.45) is 0 Å². The lowest BCUT2D eigenvalue weighted by Crippen LogP contribution is -2.32. The summed E-state index contributed by atoms with van der Waals surface area (Å²) in [6, 6.07) is 8.59. The third-order valence-electron chi connectivity index (χ3n) is 4.07. The smallest absolute Gasteiger partial charge is 0.263 e. The minimum absolute atomic E-state index is 0.215. The maximum absolute atomic E-state index is 12.5. The van der Waals surface area contributed by atoms with Crippen molar-refractivity contribution in [3.8, 4) is 5.75 Å². The number of thiophene rings is 1. The molecular weight excluding hydrogens is 443 g/mol. The van der Waals surface area contributed by atoms with Crippen molar-refractivity contribution < 1.29 is 14.3 Å². The molecule has 9 heteroatoms. The summed E-state index contributed by atoms with van der Waals surface area (Å²) >= 11 is 19.7. The number of anilines is 1. The molecule has 1 heterocycles. The molecule has 0 bridgehead atoms. The lowest BCUT2D eigenvalue weighted by Gasteiger charge is -2.10. The van der Waals surface area contributed by atoms with E-state index in [4.69, 9.17) is 39.5 Å². The van der Waals surface area contributed by atoms with Crippen molar-refractivity contribution in [2.45, 2.75) is 6.92 Å². The molecule has 5 nitrogen and oxygen atoms in total. The summed E-state index contributed by atoms with van der Waals surface area (Å²) in [4.78, 5) is 25.0. The van der Waals surface area contributed by atoms with Gasteiger partial charge in [0, 0.05) is 16.1 Å². The van der Waals surface area contributed by atoms with Crippen LogP contribution in [0, 0.1) is 6.92 Å². The van der Waals surface area contributed by atoms with Gasteiger partial charge in [-0.1, -0.05) is 46.9 Å². The average molecular weight is 458 g/mol. The normalized spacial score (nSPS) is 10.8. The van der Waals surface area contributed by atoms with Crippen LogP contribution in [-0.4, -0.2) is 25.5 Å². The largest absolute Gasteiger partial charge is 0.494 e. The molecule has 0 aliphatic carbocycles. The summed E-state index contributed by atoms with van der Waals surface area (Å²) in [5, 5.41) is 7.22. The topological polar surface area (TPSA) is 67.4 Å². The zero-order valence-corrected chi connectivity index (χ0v) is 17.9. The van der Waals surface area contributed by atoms with Crippen LogP contribution in [0.25, 0.3) is 10.1 Å². The zero-order chi connectivity index (χ0) is 20.4. The Morgan fingerprint density at radius 1 is 1.11 bits per heavy atom. The van der Waals surface area contributed by atoms with Gasteiger partial charge in [0.2, 0.25) is 5.91 Å². The molecule has 2 N–H and O–H groups in total. The predicted molar refractivity (Wildman–Crippen MR) is 116 cm³/mol. The average Bonchev–Trinajstić information content (AvgIpc) is 3.00. The fraction of sp³-hybridized carbons (Fsp3) is 0.158. The van der Waals surface area contributed by atoms with Crippen LogP contribution in [0.1, 0.15) is 15.2 Å². The highest BCUT2D eigenvalue weighted by Gasteiger charge is 2.21. The van der Waals surface area contributed by atoms with Crippen LogP contribution in [0.2, 0.25) is 15.1 Å². The van der Waals surface area contributed by atoms with Gasteiger partial charge in [-0.15, -0.1) is 11.3 Å². The van der Waals surface area contributed by atoms with E-state index >= 15 is 0 Å². The number of rotatable bonds is 5. The van der Waals surface area contributed by atoms with E-state index in [9.17, 15) is 9.59 Å². The standard InChI is InChI=1S/C19H15Cl3N2O3S/c1-9-11(20)4-3-5-13(9)24-14(25)8-23-19(26)18-15(22)10-6-7-12(21)16(27-2)17(10)28-18/h3-7H,8H2,1-2H3,(H,23,26)(H,24,25). The Hall–Kier alpha value is -1.99. The number of ether oxygens (including phenoxy) is 1. The number of benzene rings is 2. The molecule has 2 aromatic carbocycles. The molecule has 2 amide bonds. The second-order valence-electron chi connectivity index (χ2n) is 5.85. The van der Waals surface area contributed by atoms with E-state index in [1.165, 1.54) is 7.11 Å². The number of nitrogens with one attached hydrogen (secondary N) is 2. The molecule has 0 spiro atoms. The van der Waals surface area contributed by atoms with Gasteiger partial charge in [0.25, 0.3) is 5.91 Å². The first-order valence-corrected chi connectivity index (χ1v) is 10.1. The van der Waals surface area contributed by atoms with Crippen LogP contribution in [0.3, 0.4) is 0 Å². The van der Waals surface area contributed by atoms with Gasteiger partial charge in [-0.05, 0) is 30.7 Å². The maximum atomic E-state index is 12.5. The van der Waals surface area contributed by atoms with Gasteiger partial charge in [0.1, 0.15) is 4.88 Å². The summed E-state index contributed by atoms with van der Waals surface area (Å²) in [5.74, 6) is -0.377. The van der Waals surface area contributed by atoms with E-state index in [0.717, 1.165) is 16.9 Å². The Kier molecular flexibility index (Phi) is 6.35. The van der Waals surface area contributed by atoms with Crippen LogP contribution in [-0.2, 0) is 4.79 Å². The second-order valence-corrected chi connectivity index (χ2v) is 8.06. The Morgan fingerprint density at radius 3 is 2.57 bits per heavy atom. The molecule has 0 unspecified atom stereocenters. The van der Waals surface area contributed by atoms with Crippen molar-refractivity contribution >= 4 is 73.7 Å². The lowest BCUT2D eigenvalue weighted by atomic mass is 10.2. The summed E-state index contributed by atoms with van der Waals surface area (Å²) in [7, 11) is 1.50. The molecule has 0 radical (unpaired) electrons. The number of fused-ring (bicyclic) bond motifs is 1. The Balaban J connectivity index is 1.74. The van der Waals surface area contributed by atoms with Gasteiger partial charge < -0.3 is 15.4 Å². The molecule has 0 fully saturated rings. The van der Waals surface area contributed by atoms with Crippen LogP contribution in [0.4, 0.5) is 5.69 Å². The molecule has 0 saturated carbocycles. The second kappa shape index (κ2) is 8.57. The summed E-state index contributed by atoms with van der Waals surface area (Å²) in [6.07, 6.45) is 0. The number of halogens is 3. The molecule has 0 aliphatic heterocycles. The van der Waals surface area contributed by atoms with Crippen molar-refractivity contribution in [1.29, 1.82) is 0 Å². The minimum atomic E-state index is -0.456. The lowest BCUT2D eigenvalue weighted by molar-refractivity contribution is -0.115. The first-order chi connectivity index (χ1) is 13.3. The first kappa shape index (κ1) is 20.7. The quantitative estimate of drug-likeness (QED) is 0.528. The SMILES string of the molecule is COc1c(Cl)ccc2c(Cl)c(C(=O)NCC(=O)Nc3cccc(Cl)c3C)sc12. The summed E-state index contributed by atoms with van der Waals surface area (Å²) < 4.78 is 5.98. The Morgan fingerprint density at radius 2 is 1.86 bits per heavy atom. The molecule has 1 aromatic heterocycles. The maximum Gasteiger partial charge on any atom is 0.263 e. The highest BCUT2D eigenvalue weighted by molar-refractivity contribution is 7.22. The van der Waals surface area contributed by atoms with E-state index in [1.54, 1.807) is 37.3 Å². The van der Waals surface area contributed by atoms with Crippen molar-refractivity contribution in [3.05, 3.63) is 55.8 Å². The molecule has 0 atom stereocenters. The van der Waals surface area contributed by atoms with Crippen LogP contribution >= 0.6 is 46.1 Å². The van der Waals surface area contributed by atoms with Gasteiger partial charge in [-0.25, -0.2) is 0 Å². The molecule has 146 valence electrons. The molecule has 0 saturated heterocycles. The zero-order valence-electron chi connectivity index (χ0n) is 14.9. The van der Waals surface area contributed by atoms with E-state index in [1.807, 2.05) is 0 Å². The van der Waals surface area contributed by atoms with Crippen LogP contribution in [0.15, 0.2) is 30.3 Å². The fourth-order valence-corrected chi connectivity index (χ4v) is 4.61. The number of carbonyl (C=O) groups excluding carboxylic acids is 2. The van der Waals surface area contributed by atoms with Gasteiger partial charge in [0.05, 0.1) is 28.4 Å². The first-order valence-electron chi connectivity index (χ1n) is 8.11. The third kappa shape index (κ3) is 4.05. The highest BCUT2D eigenvalue weighted by Crippen LogP contribution is 2.43. The number of carbonyl (C=O) groups is 2. The third-order valence-corrected chi connectivity index (χ3v) is 6.48. The number of methoxy groups -OCH3 is 1. The Labute approximate surface area is 180 Å². The summed E-state index contributed by atoms with van der Waals surface area (Å²) in [5.41, 5.74) is 1.34. The van der Waals surface area contributed by atoms with Crippen molar-refractivity contribution in [2.75, 3.05) is 19.0 Å². The van der Waals surface area contributed by atoms with Crippen molar-refractivity contribution in [1.82, 2.24) is 5.32 Å². The minimum Gasteiger partial charge on any atom is -0.494 e. The van der Waals surface area contributed by atoms with Crippen LogP contribution < -0.4 is 15.4 Å². The number of amides is 2. The molecule has 3 aromatic rings. The Bertz CT molecular complexity index is 1080. The highest BCUT2D eigenvalue weighted by atomic mass is 35.5. The van der Waals surface area contributed by atoms with E-state index in [0.29, 0.717) is 36.6 Å². The number of hydrogen-bond acceptors (Lipinski definition) is 4. The van der Waals surface area contributed by atoms with E-state index in [2.05, 4.69) is 10.6 Å². The van der Waals surface area contributed by atoms with Gasteiger partial charge in [-0.3, -0.25) is 9.59 Å². The van der Waals surface area contributed by atoms with Gasteiger partial charge >= 0.3 is 0 Å². The molecular formula is C19H15Cl3N2O3S. The predicted octanol–water partition coefficient (Wildman–Crippen LogP) is 5.55. The molecule has 28 heavy (non-hydrogen) atoms. The van der Waals surface area contributed by atoms with Crippen LogP contribution in [0.5, 0.6) is 5.75 Å². The summed E-state index contributed by atoms with van der Waals surface area (Å²) in [6.45, 7) is 1.58.